The maximum Gasteiger partial charge on any atom is 0.406 e. The minimum absolute atomic E-state index is 0.107. The van der Waals surface area contributed by atoms with E-state index in [1.54, 1.807) is 30.3 Å². The number of halogens is 3. The molecule has 4 rings (SSSR count). The first kappa shape index (κ1) is 27.1. The number of alkyl halides is 3. The number of anilines is 2. The first-order valence-electron chi connectivity index (χ1n) is 12.4. The minimum Gasteiger partial charge on any atom is -0.506 e. The van der Waals surface area contributed by atoms with Crippen molar-refractivity contribution in [3.8, 4) is 17.6 Å². The van der Waals surface area contributed by atoms with Gasteiger partial charge in [-0.15, -0.1) is 11.8 Å². The van der Waals surface area contributed by atoms with Gasteiger partial charge in [0.1, 0.15) is 12.3 Å². The molecular formula is C28H33F3N4OS. The number of phenolic OH excluding ortho intramolecular Hbond substituents is 1. The zero-order valence-corrected chi connectivity index (χ0v) is 22.1. The molecule has 1 aliphatic rings. The van der Waals surface area contributed by atoms with Crippen LogP contribution < -0.4 is 10.6 Å². The second kappa shape index (κ2) is 11.6. The van der Waals surface area contributed by atoms with Crippen molar-refractivity contribution in [1.29, 1.82) is 0 Å². The van der Waals surface area contributed by atoms with E-state index >= 15 is 0 Å². The summed E-state index contributed by atoms with van der Waals surface area (Å²) in [4.78, 5) is 3.19. The predicted octanol–water partition coefficient (Wildman–Crippen LogP) is 6.38. The van der Waals surface area contributed by atoms with Crippen LogP contribution in [0.3, 0.4) is 0 Å². The summed E-state index contributed by atoms with van der Waals surface area (Å²) in [5, 5.41) is 17.5. The van der Waals surface area contributed by atoms with Gasteiger partial charge in [-0.25, -0.2) is 0 Å². The second-order valence-corrected chi connectivity index (χ2v) is 10.5. The van der Waals surface area contributed by atoms with Crippen molar-refractivity contribution in [3.63, 3.8) is 0 Å². The van der Waals surface area contributed by atoms with Crippen LogP contribution in [0.4, 0.5) is 24.5 Å². The van der Waals surface area contributed by atoms with E-state index < -0.39 is 12.7 Å². The van der Waals surface area contributed by atoms with Crippen molar-refractivity contribution in [3.05, 3.63) is 48.2 Å². The third-order valence-corrected chi connectivity index (χ3v) is 7.58. The standard InChI is InChI=1S/C28H33F3N4OS/c1-34(2)20-11-9-19(10-12-20)33-24-7-4-8-26-23(24)16-21(35(26)18-28(29,30)31)6-5-15-32-25-14-13-22(37-3)17-27(25)36/h4,7-8,13-14,16-17,19-20,32-33,36H,9-12,15,18H2,1-3H3. The lowest BCUT2D eigenvalue weighted by Gasteiger charge is -2.33. The molecule has 2 aromatic carbocycles. The fraction of sp³-hybridized carbons (Fsp3) is 0.429. The Morgan fingerprint density at radius 1 is 1.08 bits per heavy atom. The normalized spacial score (nSPS) is 18.0. The van der Waals surface area contributed by atoms with Crippen molar-refractivity contribution in [2.45, 2.75) is 55.4 Å². The summed E-state index contributed by atoms with van der Waals surface area (Å²) in [5.74, 6) is 5.94. The van der Waals surface area contributed by atoms with Gasteiger partial charge < -0.3 is 25.2 Å². The fourth-order valence-corrected chi connectivity index (χ4v) is 5.32. The molecule has 1 aromatic heterocycles. The van der Waals surface area contributed by atoms with Gasteiger partial charge in [0.2, 0.25) is 0 Å². The Kier molecular flexibility index (Phi) is 8.50. The predicted molar refractivity (Wildman–Crippen MR) is 147 cm³/mol. The molecule has 3 N–H and O–H groups in total. The molecule has 1 heterocycles. The number of nitrogens with one attached hydrogen (secondary N) is 2. The van der Waals surface area contributed by atoms with Gasteiger partial charge >= 0.3 is 6.18 Å². The summed E-state index contributed by atoms with van der Waals surface area (Å²) < 4.78 is 41.7. The van der Waals surface area contributed by atoms with E-state index in [9.17, 15) is 18.3 Å². The molecule has 0 atom stereocenters. The maximum atomic E-state index is 13.5. The molecule has 5 nitrogen and oxygen atoms in total. The second-order valence-electron chi connectivity index (χ2n) is 9.62. The van der Waals surface area contributed by atoms with Crippen LogP contribution in [0.5, 0.6) is 5.75 Å². The average Bonchev–Trinajstić information content (AvgIpc) is 3.19. The highest BCUT2D eigenvalue weighted by atomic mass is 32.2. The van der Waals surface area contributed by atoms with Gasteiger partial charge in [0, 0.05) is 28.1 Å². The highest BCUT2D eigenvalue weighted by molar-refractivity contribution is 7.98. The van der Waals surface area contributed by atoms with Crippen LogP contribution in [0, 0.1) is 11.8 Å². The lowest BCUT2D eigenvalue weighted by molar-refractivity contribution is -0.140. The molecule has 0 aliphatic heterocycles. The number of aromatic hydroxyl groups is 1. The molecule has 0 amide bonds. The van der Waals surface area contributed by atoms with Crippen LogP contribution in [-0.4, -0.2) is 59.7 Å². The van der Waals surface area contributed by atoms with E-state index in [0.29, 0.717) is 22.9 Å². The average molecular weight is 531 g/mol. The third kappa shape index (κ3) is 6.88. The zero-order chi connectivity index (χ0) is 26.6. The van der Waals surface area contributed by atoms with Crippen LogP contribution in [0.1, 0.15) is 31.4 Å². The molecule has 1 aliphatic carbocycles. The molecule has 0 unspecified atom stereocenters. The van der Waals surface area contributed by atoms with Crippen LogP contribution in [0.25, 0.3) is 10.9 Å². The highest BCUT2D eigenvalue weighted by Gasteiger charge is 2.30. The van der Waals surface area contributed by atoms with Crippen LogP contribution in [0.2, 0.25) is 0 Å². The Bertz CT molecular complexity index is 1280. The van der Waals surface area contributed by atoms with E-state index in [2.05, 4.69) is 41.5 Å². The minimum atomic E-state index is -4.38. The SMILES string of the molecule is CSc1ccc(NCC#Cc2cc3c(NC4CCC(N(C)C)CC4)cccc3n2CC(F)(F)F)c(O)c1. The van der Waals surface area contributed by atoms with Gasteiger partial charge in [0.05, 0.1) is 23.4 Å². The van der Waals surface area contributed by atoms with E-state index in [0.717, 1.165) is 41.7 Å². The smallest absolute Gasteiger partial charge is 0.406 e. The summed E-state index contributed by atoms with van der Waals surface area (Å²) >= 11 is 1.52. The summed E-state index contributed by atoms with van der Waals surface area (Å²) in [5.41, 5.74) is 2.18. The van der Waals surface area contributed by atoms with Crippen LogP contribution >= 0.6 is 11.8 Å². The molecule has 9 heteroatoms. The molecule has 0 saturated heterocycles. The Balaban J connectivity index is 1.56. The molecule has 0 radical (unpaired) electrons. The van der Waals surface area contributed by atoms with Gasteiger partial charge in [-0.1, -0.05) is 12.0 Å². The van der Waals surface area contributed by atoms with E-state index in [1.165, 1.54) is 16.3 Å². The number of hydrogen-bond acceptors (Lipinski definition) is 5. The summed E-state index contributed by atoms with van der Waals surface area (Å²) in [6.07, 6.45) is 1.77. The molecule has 0 spiro atoms. The van der Waals surface area contributed by atoms with Crippen molar-refractivity contribution >= 4 is 34.0 Å². The Morgan fingerprint density at radius 2 is 1.84 bits per heavy atom. The zero-order valence-electron chi connectivity index (χ0n) is 21.3. The van der Waals surface area contributed by atoms with Gasteiger partial charge in [0.25, 0.3) is 0 Å². The largest absolute Gasteiger partial charge is 0.506 e. The number of hydrogen-bond donors (Lipinski definition) is 3. The van der Waals surface area contributed by atoms with Crippen LogP contribution in [-0.2, 0) is 6.54 Å². The topological polar surface area (TPSA) is 52.5 Å². The number of benzene rings is 2. The molecule has 1 saturated carbocycles. The van der Waals surface area contributed by atoms with Gasteiger partial charge in [-0.05, 0) is 88.4 Å². The number of phenols is 1. The van der Waals surface area contributed by atoms with Gasteiger partial charge in [-0.3, -0.25) is 0 Å². The number of aromatic nitrogens is 1. The molecule has 198 valence electrons. The van der Waals surface area contributed by atoms with Gasteiger partial charge in [-0.2, -0.15) is 13.2 Å². The van der Waals surface area contributed by atoms with Crippen molar-refractivity contribution in [2.75, 3.05) is 37.5 Å². The molecule has 3 aromatic rings. The molecular weight excluding hydrogens is 497 g/mol. The molecule has 37 heavy (non-hydrogen) atoms. The maximum absolute atomic E-state index is 13.5. The highest BCUT2D eigenvalue weighted by Crippen LogP contribution is 2.33. The summed E-state index contributed by atoms with van der Waals surface area (Å²) in [7, 11) is 4.20. The number of nitrogens with zero attached hydrogens (tertiary/aromatic N) is 2. The Hall–Kier alpha value is -2.96. The molecule has 1 fully saturated rings. The Labute approximate surface area is 220 Å². The van der Waals surface area contributed by atoms with Crippen LogP contribution in [0.15, 0.2) is 47.4 Å². The number of rotatable bonds is 7. The van der Waals surface area contributed by atoms with E-state index in [4.69, 9.17) is 0 Å². The monoisotopic (exact) mass is 530 g/mol. The third-order valence-electron chi connectivity index (χ3n) is 6.86. The first-order chi connectivity index (χ1) is 17.6. The molecule has 0 bridgehead atoms. The number of thioether (sulfide) groups is 1. The van der Waals surface area contributed by atoms with E-state index in [1.807, 2.05) is 18.4 Å². The van der Waals surface area contributed by atoms with Crippen molar-refractivity contribution < 1.29 is 18.3 Å². The van der Waals surface area contributed by atoms with Gasteiger partial charge in [0.15, 0.2) is 0 Å². The first-order valence-corrected chi connectivity index (χ1v) is 13.6. The lowest BCUT2D eigenvalue weighted by atomic mass is 9.90. The van der Waals surface area contributed by atoms with E-state index in [-0.39, 0.29) is 18.3 Å². The number of fused-ring (bicyclic) bond motifs is 1. The van der Waals surface area contributed by atoms with Crippen molar-refractivity contribution in [2.24, 2.45) is 0 Å². The fourth-order valence-electron chi connectivity index (χ4n) is 4.88. The lowest BCUT2D eigenvalue weighted by Crippen LogP contribution is -2.36. The quantitative estimate of drug-likeness (QED) is 0.188. The summed E-state index contributed by atoms with van der Waals surface area (Å²) in [6, 6.07) is 13.3. The van der Waals surface area contributed by atoms with Crippen molar-refractivity contribution in [1.82, 2.24) is 9.47 Å². The summed E-state index contributed by atoms with van der Waals surface area (Å²) in [6.45, 7) is -0.928. The Morgan fingerprint density at radius 3 is 2.49 bits per heavy atom.